The number of pyridine rings is 1. The highest BCUT2D eigenvalue weighted by molar-refractivity contribution is 9.10. The molecule has 13 heavy (non-hydrogen) atoms. The minimum atomic E-state index is 0.0225. The number of fused-ring (bicyclic) bond motifs is 1. The summed E-state index contributed by atoms with van der Waals surface area (Å²) in [5.41, 5.74) is 2.58. The molecule has 2 aromatic rings. The van der Waals surface area contributed by atoms with Gasteiger partial charge in [-0.05, 0) is 19.1 Å². The summed E-state index contributed by atoms with van der Waals surface area (Å²) < 4.78 is 2.88. The average Bonchev–Trinajstić information content (AvgIpc) is 2.39. The molecule has 0 radical (unpaired) electrons. The number of aliphatic hydroxyl groups excluding tert-OH is 1. The number of hydrogen-bond acceptors (Lipinski definition) is 2. The SMILES string of the molecule is Cc1nc2cc(Br)ccn2c1CO. The van der Waals surface area contributed by atoms with E-state index >= 15 is 0 Å². The van der Waals surface area contributed by atoms with Gasteiger partial charge in [-0.25, -0.2) is 4.98 Å². The van der Waals surface area contributed by atoms with Crippen molar-refractivity contribution in [2.45, 2.75) is 13.5 Å². The lowest BCUT2D eigenvalue weighted by atomic mass is 10.3. The molecule has 2 heterocycles. The molecule has 2 rings (SSSR count). The van der Waals surface area contributed by atoms with Crippen molar-refractivity contribution in [3.63, 3.8) is 0 Å². The van der Waals surface area contributed by atoms with Crippen LogP contribution in [0.4, 0.5) is 0 Å². The molecule has 0 saturated carbocycles. The predicted octanol–water partition coefficient (Wildman–Crippen LogP) is 1.90. The van der Waals surface area contributed by atoms with Crippen molar-refractivity contribution in [2.24, 2.45) is 0 Å². The third kappa shape index (κ3) is 1.36. The van der Waals surface area contributed by atoms with Gasteiger partial charge in [0.15, 0.2) is 0 Å². The van der Waals surface area contributed by atoms with E-state index in [9.17, 15) is 0 Å². The van der Waals surface area contributed by atoms with E-state index in [0.29, 0.717) is 0 Å². The van der Waals surface area contributed by atoms with Crippen LogP contribution in [0.1, 0.15) is 11.4 Å². The Bertz CT molecular complexity index is 450. The molecule has 0 spiro atoms. The molecule has 0 aromatic carbocycles. The van der Waals surface area contributed by atoms with Gasteiger partial charge >= 0.3 is 0 Å². The first-order chi connectivity index (χ1) is 6.22. The summed E-state index contributed by atoms with van der Waals surface area (Å²) in [6.07, 6.45) is 1.89. The largest absolute Gasteiger partial charge is 0.390 e. The zero-order chi connectivity index (χ0) is 9.42. The summed E-state index contributed by atoms with van der Waals surface area (Å²) >= 11 is 3.37. The maximum absolute atomic E-state index is 9.10. The van der Waals surface area contributed by atoms with Gasteiger partial charge in [0, 0.05) is 10.7 Å². The lowest BCUT2D eigenvalue weighted by Crippen LogP contribution is -1.92. The molecule has 3 nitrogen and oxygen atoms in total. The van der Waals surface area contributed by atoms with E-state index in [2.05, 4.69) is 20.9 Å². The maximum atomic E-state index is 9.10. The second kappa shape index (κ2) is 3.12. The topological polar surface area (TPSA) is 37.5 Å². The van der Waals surface area contributed by atoms with Crippen LogP contribution in [0.5, 0.6) is 0 Å². The molecule has 0 fully saturated rings. The number of aryl methyl sites for hydroxylation is 1. The fourth-order valence-electron chi connectivity index (χ4n) is 1.38. The molecule has 0 atom stereocenters. The number of aromatic nitrogens is 2. The number of imidazole rings is 1. The summed E-state index contributed by atoms with van der Waals surface area (Å²) in [6, 6.07) is 3.85. The highest BCUT2D eigenvalue weighted by atomic mass is 79.9. The summed E-state index contributed by atoms with van der Waals surface area (Å²) in [5, 5.41) is 9.10. The standard InChI is InChI=1S/C9H9BrN2O/c1-6-8(5-13)12-3-2-7(10)4-9(12)11-6/h2-4,13H,5H2,1H3. The van der Waals surface area contributed by atoms with Gasteiger partial charge in [0.2, 0.25) is 0 Å². The second-order valence-corrected chi connectivity index (χ2v) is 3.79. The van der Waals surface area contributed by atoms with Crippen LogP contribution in [-0.2, 0) is 6.61 Å². The van der Waals surface area contributed by atoms with E-state index in [1.165, 1.54) is 0 Å². The fourth-order valence-corrected chi connectivity index (χ4v) is 1.70. The Morgan fingerprint density at radius 2 is 2.38 bits per heavy atom. The maximum Gasteiger partial charge on any atom is 0.138 e. The Morgan fingerprint density at radius 3 is 3.08 bits per heavy atom. The van der Waals surface area contributed by atoms with Gasteiger partial charge in [-0.15, -0.1) is 0 Å². The van der Waals surface area contributed by atoms with Crippen LogP contribution in [0.2, 0.25) is 0 Å². The van der Waals surface area contributed by atoms with E-state index in [0.717, 1.165) is 21.5 Å². The molecule has 0 aliphatic rings. The monoisotopic (exact) mass is 240 g/mol. The quantitative estimate of drug-likeness (QED) is 0.827. The molecular weight excluding hydrogens is 232 g/mol. The van der Waals surface area contributed by atoms with Crippen molar-refractivity contribution in [2.75, 3.05) is 0 Å². The van der Waals surface area contributed by atoms with Gasteiger partial charge < -0.3 is 9.51 Å². The molecule has 68 valence electrons. The molecule has 0 unspecified atom stereocenters. The fraction of sp³-hybridized carbons (Fsp3) is 0.222. The van der Waals surface area contributed by atoms with Crippen LogP contribution in [0.3, 0.4) is 0 Å². The van der Waals surface area contributed by atoms with Crippen LogP contribution < -0.4 is 0 Å². The number of hydrogen-bond donors (Lipinski definition) is 1. The lowest BCUT2D eigenvalue weighted by molar-refractivity contribution is 0.275. The Kier molecular flexibility index (Phi) is 2.09. The summed E-state index contributed by atoms with van der Waals surface area (Å²) in [7, 11) is 0. The van der Waals surface area contributed by atoms with Crippen molar-refractivity contribution >= 4 is 21.6 Å². The van der Waals surface area contributed by atoms with E-state index < -0.39 is 0 Å². The lowest BCUT2D eigenvalue weighted by Gasteiger charge is -1.98. The first kappa shape index (κ1) is 8.72. The van der Waals surface area contributed by atoms with Crippen molar-refractivity contribution < 1.29 is 5.11 Å². The normalized spacial score (nSPS) is 11.0. The summed E-state index contributed by atoms with van der Waals surface area (Å²) in [5.74, 6) is 0. The zero-order valence-electron chi connectivity index (χ0n) is 7.16. The van der Waals surface area contributed by atoms with Gasteiger partial charge in [-0.1, -0.05) is 15.9 Å². The highest BCUT2D eigenvalue weighted by Crippen LogP contribution is 2.16. The Balaban J connectivity index is 2.79. The average molecular weight is 241 g/mol. The van der Waals surface area contributed by atoms with Crippen molar-refractivity contribution in [3.05, 3.63) is 34.2 Å². The number of aliphatic hydroxyl groups is 1. The van der Waals surface area contributed by atoms with Crippen LogP contribution >= 0.6 is 15.9 Å². The third-order valence-corrected chi connectivity index (χ3v) is 2.53. The van der Waals surface area contributed by atoms with E-state index in [1.54, 1.807) is 0 Å². The molecule has 0 bridgehead atoms. The minimum Gasteiger partial charge on any atom is -0.390 e. The minimum absolute atomic E-state index is 0.0225. The van der Waals surface area contributed by atoms with Crippen molar-refractivity contribution in [3.8, 4) is 0 Å². The number of rotatable bonds is 1. The van der Waals surface area contributed by atoms with Crippen LogP contribution in [0.25, 0.3) is 5.65 Å². The molecule has 1 N–H and O–H groups in total. The van der Waals surface area contributed by atoms with E-state index in [-0.39, 0.29) is 6.61 Å². The van der Waals surface area contributed by atoms with E-state index in [1.807, 2.05) is 29.7 Å². The summed E-state index contributed by atoms with van der Waals surface area (Å²) in [4.78, 5) is 4.32. The number of halogens is 1. The summed E-state index contributed by atoms with van der Waals surface area (Å²) in [6.45, 7) is 1.92. The zero-order valence-corrected chi connectivity index (χ0v) is 8.74. The Labute approximate surface area is 84.2 Å². The Hall–Kier alpha value is -0.870. The van der Waals surface area contributed by atoms with Crippen molar-refractivity contribution in [1.29, 1.82) is 0 Å². The van der Waals surface area contributed by atoms with Crippen molar-refractivity contribution in [1.82, 2.24) is 9.38 Å². The molecule has 0 aliphatic carbocycles. The third-order valence-electron chi connectivity index (χ3n) is 2.04. The second-order valence-electron chi connectivity index (χ2n) is 2.88. The molecule has 0 amide bonds. The molecule has 4 heteroatoms. The van der Waals surface area contributed by atoms with Crippen LogP contribution in [-0.4, -0.2) is 14.5 Å². The van der Waals surface area contributed by atoms with E-state index in [4.69, 9.17) is 5.11 Å². The van der Waals surface area contributed by atoms with Gasteiger partial charge in [0.1, 0.15) is 5.65 Å². The molecular formula is C9H9BrN2O. The van der Waals surface area contributed by atoms with Gasteiger partial charge in [0.25, 0.3) is 0 Å². The predicted molar refractivity (Wildman–Crippen MR) is 53.6 cm³/mol. The molecule has 0 saturated heterocycles. The molecule has 2 aromatic heterocycles. The first-order valence-corrected chi connectivity index (χ1v) is 4.75. The van der Waals surface area contributed by atoms with Crippen LogP contribution in [0, 0.1) is 6.92 Å². The van der Waals surface area contributed by atoms with Crippen LogP contribution in [0.15, 0.2) is 22.8 Å². The molecule has 0 aliphatic heterocycles. The van der Waals surface area contributed by atoms with Gasteiger partial charge in [0.05, 0.1) is 18.0 Å². The first-order valence-electron chi connectivity index (χ1n) is 3.96. The smallest absolute Gasteiger partial charge is 0.138 e. The Morgan fingerprint density at radius 1 is 1.62 bits per heavy atom. The number of nitrogens with zero attached hydrogens (tertiary/aromatic N) is 2. The van der Waals surface area contributed by atoms with Gasteiger partial charge in [-0.3, -0.25) is 0 Å². The van der Waals surface area contributed by atoms with Gasteiger partial charge in [-0.2, -0.15) is 0 Å². The highest BCUT2D eigenvalue weighted by Gasteiger charge is 2.06.